The standard InChI is InChI=1S/C17H16F2N2O3/c1-9-2-4-12(16(23)20-9)17(24)21-8-11(22)7-15(21)13-6-10(18)3-5-14(13)19/h2-6,11,15,22H,7-8H2,1H3,(H,20,23). The lowest BCUT2D eigenvalue weighted by Crippen LogP contribution is -2.35. The summed E-state index contributed by atoms with van der Waals surface area (Å²) in [6.07, 6.45) is -0.790. The van der Waals surface area contributed by atoms with Crippen molar-refractivity contribution in [1.29, 1.82) is 0 Å². The molecule has 7 heteroatoms. The average Bonchev–Trinajstić information content (AvgIpc) is 2.91. The van der Waals surface area contributed by atoms with E-state index in [2.05, 4.69) is 4.98 Å². The van der Waals surface area contributed by atoms with Crippen LogP contribution in [0.4, 0.5) is 8.78 Å². The molecule has 24 heavy (non-hydrogen) atoms. The molecule has 1 aromatic carbocycles. The fourth-order valence-corrected chi connectivity index (χ4v) is 3.00. The first-order chi connectivity index (χ1) is 11.4. The lowest BCUT2D eigenvalue weighted by atomic mass is 10.0. The normalized spacial score (nSPS) is 20.4. The number of aromatic amines is 1. The van der Waals surface area contributed by atoms with Crippen LogP contribution >= 0.6 is 0 Å². The van der Waals surface area contributed by atoms with Crippen LogP contribution in [-0.2, 0) is 0 Å². The van der Waals surface area contributed by atoms with Crippen molar-refractivity contribution >= 4 is 5.91 Å². The number of carbonyl (C=O) groups is 1. The number of H-pyrrole nitrogens is 1. The van der Waals surface area contributed by atoms with Gasteiger partial charge in [0.25, 0.3) is 11.5 Å². The predicted molar refractivity (Wildman–Crippen MR) is 82.6 cm³/mol. The molecule has 2 aromatic rings. The zero-order valence-electron chi connectivity index (χ0n) is 12.9. The van der Waals surface area contributed by atoms with Gasteiger partial charge in [0.1, 0.15) is 17.2 Å². The zero-order valence-corrected chi connectivity index (χ0v) is 12.9. The zero-order chi connectivity index (χ0) is 17.4. The number of pyridine rings is 1. The van der Waals surface area contributed by atoms with Crippen LogP contribution in [0.25, 0.3) is 0 Å². The molecule has 2 atom stereocenters. The molecule has 2 N–H and O–H groups in total. The first-order valence-electron chi connectivity index (χ1n) is 7.50. The summed E-state index contributed by atoms with van der Waals surface area (Å²) in [7, 11) is 0. The molecule has 126 valence electrons. The predicted octanol–water partition coefficient (Wildman–Crippen LogP) is 1.91. The van der Waals surface area contributed by atoms with E-state index in [-0.39, 0.29) is 24.1 Å². The molecule has 0 spiro atoms. The number of nitrogens with one attached hydrogen (secondary N) is 1. The molecule has 0 aliphatic carbocycles. The largest absolute Gasteiger partial charge is 0.391 e. The van der Waals surface area contributed by atoms with Gasteiger partial charge in [-0.1, -0.05) is 0 Å². The van der Waals surface area contributed by atoms with Crippen molar-refractivity contribution in [3.8, 4) is 0 Å². The maximum atomic E-state index is 14.1. The third kappa shape index (κ3) is 2.94. The van der Waals surface area contributed by atoms with Gasteiger partial charge in [0.15, 0.2) is 0 Å². The fourth-order valence-electron chi connectivity index (χ4n) is 3.00. The second-order valence-electron chi connectivity index (χ2n) is 5.91. The Kier molecular flexibility index (Phi) is 4.19. The van der Waals surface area contributed by atoms with Gasteiger partial charge in [-0.15, -0.1) is 0 Å². The molecule has 0 bridgehead atoms. The van der Waals surface area contributed by atoms with E-state index < -0.39 is 35.2 Å². The van der Waals surface area contributed by atoms with Crippen LogP contribution < -0.4 is 5.56 Å². The number of nitrogens with zero attached hydrogens (tertiary/aromatic N) is 1. The van der Waals surface area contributed by atoms with Crippen molar-refractivity contribution in [1.82, 2.24) is 9.88 Å². The van der Waals surface area contributed by atoms with Gasteiger partial charge in [0.05, 0.1) is 12.1 Å². The summed E-state index contributed by atoms with van der Waals surface area (Å²) >= 11 is 0. The topological polar surface area (TPSA) is 73.4 Å². The first kappa shape index (κ1) is 16.3. The van der Waals surface area contributed by atoms with Gasteiger partial charge in [-0.05, 0) is 43.7 Å². The summed E-state index contributed by atoms with van der Waals surface area (Å²) in [6, 6.07) is 5.12. The van der Waals surface area contributed by atoms with Crippen LogP contribution in [-0.4, -0.2) is 33.5 Å². The summed E-state index contributed by atoms with van der Waals surface area (Å²) in [5.41, 5.74) is -0.0643. The smallest absolute Gasteiger partial charge is 0.260 e. The van der Waals surface area contributed by atoms with Crippen molar-refractivity contribution in [2.45, 2.75) is 25.5 Å². The van der Waals surface area contributed by atoms with Crippen molar-refractivity contribution in [2.75, 3.05) is 6.54 Å². The van der Waals surface area contributed by atoms with Gasteiger partial charge in [-0.3, -0.25) is 9.59 Å². The monoisotopic (exact) mass is 334 g/mol. The number of halogens is 2. The Labute approximate surface area is 136 Å². The second-order valence-corrected chi connectivity index (χ2v) is 5.91. The summed E-state index contributed by atoms with van der Waals surface area (Å²) in [5, 5.41) is 9.90. The third-order valence-corrected chi connectivity index (χ3v) is 4.14. The maximum Gasteiger partial charge on any atom is 0.260 e. The molecule has 1 fully saturated rings. The van der Waals surface area contributed by atoms with E-state index in [1.54, 1.807) is 13.0 Å². The number of rotatable bonds is 2. The molecule has 0 saturated carbocycles. The molecular weight excluding hydrogens is 318 g/mol. The molecule has 1 aliphatic rings. The lowest BCUT2D eigenvalue weighted by Gasteiger charge is -2.25. The molecule has 2 unspecified atom stereocenters. The van der Waals surface area contributed by atoms with Crippen molar-refractivity contribution in [3.05, 3.63) is 69.1 Å². The quantitative estimate of drug-likeness (QED) is 0.881. The number of β-amino-alcohol motifs (C(OH)–C–C–N with tert-alkyl or cyclic N) is 1. The maximum absolute atomic E-state index is 14.1. The lowest BCUT2D eigenvalue weighted by molar-refractivity contribution is 0.0712. The van der Waals surface area contributed by atoms with Crippen LogP contribution in [0.5, 0.6) is 0 Å². The Hall–Kier alpha value is -2.54. The number of hydrogen-bond donors (Lipinski definition) is 2. The summed E-state index contributed by atoms with van der Waals surface area (Å²) < 4.78 is 27.5. The Morgan fingerprint density at radius 2 is 2.04 bits per heavy atom. The number of aliphatic hydroxyl groups is 1. The van der Waals surface area contributed by atoms with E-state index in [0.717, 1.165) is 18.2 Å². The minimum Gasteiger partial charge on any atom is -0.391 e. The SMILES string of the molecule is Cc1ccc(C(=O)N2CC(O)CC2c2cc(F)ccc2F)c(=O)[nH]1. The van der Waals surface area contributed by atoms with Gasteiger partial charge in [0, 0.05) is 17.8 Å². The number of likely N-dealkylation sites (tertiary alicyclic amines) is 1. The molecule has 1 aromatic heterocycles. The highest BCUT2D eigenvalue weighted by Gasteiger charge is 2.37. The molecule has 1 amide bonds. The van der Waals surface area contributed by atoms with E-state index >= 15 is 0 Å². The fraction of sp³-hybridized carbons (Fsp3) is 0.294. The highest BCUT2D eigenvalue weighted by molar-refractivity contribution is 5.94. The third-order valence-electron chi connectivity index (χ3n) is 4.14. The molecule has 3 rings (SSSR count). The van der Waals surface area contributed by atoms with Crippen LogP contribution in [0, 0.1) is 18.6 Å². The summed E-state index contributed by atoms with van der Waals surface area (Å²) in [4.78, 5) is 28.4. The highest BCUT2D eigenvalue weighted by Crippen LogP contribution is 2.34. The van der Waals surface area contributed by atoms with Crippen LogP contribution in [0.1, 0.15) is 34.1 Å². The molecule has 1 aliphatic heterocycles. The Balaban J connectivity index is 2.00. The van der Waals surface area contributed by atoms with E-state index in [1.807, 2.05) is 0 Å². The van der Waals surface area contributed by atoms with Crippen molar-refractivity contribution in [3.63, 3.8) is 0 Å². The number of carbonyl (C=O) groups excluding carboxylic acids is 1. The van der Waals surface area contributed by atoms with Gasteiger partial charge >= 0.3 is 0 Å². The van der Waals surface area contributed by atoms with Crippen molar-refractivity contribution < 1.29 is 18.7 Å². The van der Waals surface area contributed by atoms with Crippen LogP contribution in [0.15, 0.2) is 35.1 Å². The summed E-state index contributed by atoms with van der Waals surface area (Å²) in [5.74, 6) is -1.92. The Bertz CT molecular complexity index is 850. The van der Waals surface area contributed by atoms with Gasteiger partial charge < -0.3 is 15.0 Å². The van der Waals surface area contributed by atoms with Crippen LogP contribution in [0.2, 0.25) is 0 Å². The molecule has 5 nitrogen and oxygen atoms in total. The van der Waals surface area contributed by atoms with Crippen molar-refractivity contribution in [2.24, 2.45) is 0 Å². The number of aryl methyl sites for hydroxylation is 1. The van der Waals surface area contributed by atoms with E-state index in [9.17, 15) is 23.5 Å². The van der Waals surface area contributed by atoms with Gasteiger partial charge in [-0.2, -0.15) is 0 Å². The number of aliphatic hydroxyl groups excluding tert-OH is 1. The Morgan fingerprint density at radius 3 is 2.75 bits per heavy atom. The van der Waals surface area contributed by atoms with E-state index in [4.69, 9.17) is 0 Å². The number of benzene rings is 1. The number of hydrogen-bond acceptors (Lipinski definition) is 3. The van der Waals surface area contributed by atoms with Gasteiger partial charge in [-0.25, -0.2) is 8.78 Å². The first-order valence-corrected chi connectivity index (χ1v) is 7.50. The minimum atomic E-state index is -0.869. The van der Waals surface area contributed by atoms with Gasteiger partial charge in [0.2, 0.25) is 0 Å². The van der Waals surface area contributed by atoms with Crippen LogP contribution in [0.3, 0.4) is 0 Å². The Morgan fingerprint density at radius 1 is 1.29 bits per heavy atom. The molecule has 0 radical (unpaired) electrons. The number of aromatic nitrogens is 1. The molecule has 2 heterocycles. The van der Waals surface area contributed by atoms with E-state index in [0.29, 0.717) is 5.69 Å². The second kappa shape index (κ2) is 6.16. The number of amides is 1. The molecule has 1 saturated heterocycles. The minimum absolute atomic E-state index is 0.0107. The van der Waals surface area contributed by atoms with E-state index in [1.165, 1.54) is 11.0 Å². The molecular formula is C17H16F2N2O3. The summed E-state index contributed by atoms with van der Waals surface area (Å²) in [6.45, 7) is 1.63. The average molecular weight is 334 g/mol. The highest BCUT2D eigenvalue weighted by atomic mass is 19.1.